The van der Waals surface area contributed by atoms with Gasteiger partial charge >= 0.3 is 0 Å². The molecule has 3 heteroatoms. The maximum absolute atomic E-state index is 6.29. The summed E-state index contributed by atoms with van der Waals surface area (Å²) in [5, 5.41) is 1.24. The van der Waals surface area contributed by atoms with E-state index in [1.807, 2.05) is 0 Å². The molecule has 16 heavy (non-hydrogen) atoms. The van der Waals surface area contributed by atoms with Crippen molar-refractivity contribution in [3.8, 4) is 0 Å². The number of nitrogens with zero attached hydrogens (tertiary/aromatic N) is 1. The fourth-order valence-corrected chi connectivity index (χ4v) is 4.05. The van der Waals surface area contributed by atoms with Crippen LogP contribution in [0.5, 0.6) is 0 Å². The van der Waals surface area contributed by atoms with Gasteiger partial charge in [-0.05, 0) is 61.1 Å². The Labute approximate surface area is 106 Å². The second kappa shape index (κ2) is 3.89. The smallest absolute Gasteiger partial charge is 0.134 e. The number of pyridine rings is 1. The van der Waals surface area contributed by atoms with Crippen LogP contribution in [-0.2, 0) is 6.42 Å². The molecule has 0 saturated heterocycles. The first kappa shape index (κ1) is 10.9. The summed E-state index contributed by atoms with van der Waals surface area (Å²) in [7, 11) is 0. The fraction of sp³-hybridized carbons (Fsp3) is 0.615. The minimum Gasteiger partial charge on any atom is -0.224 e. The largest absolute Gasteiger partial charge is 0.224 e. The van der Waals surface area contributed by atoms with Gasteiger partial charge in [-0.25, -0.2) is 4.98 Å². The highest BCUT2D eigenvalue weighted by atomic mass is 35.5. The zero-order chi connectivity index (χ0) is 11.3. The molecule has 0 amide bonds. The summed E-state index contributed by atoms with van der Waals surface area (Å²) in [6.45, 7) is 2.07. The molecule has 3 rings (SSSR count). The zero-order valence-electron chi connectivity index (χ0n) is 9.39. The molecule has 2 atom stereocenters. The van der Waals surface area contributed by atoms with Crippen LogP contribution in [0, 0.1) is 12.8 Å². The van der Waals surface area contributed by atoms with E-state index in [0.29, 0.717) is 16.2 Å². The van der Waals surface area contributed by atoms with Crippen molar-refractivity contribution in [1.82, 2.24) is 4.98 Å². The van der Waals surface area contributed by atoms with Crippen LogP contribution in [-0.4, -0.2) is 4.98 Å². The Morgan fingerprint density at radius 3 is 2.75 bits per heavy atom. The molecule has 0 bridgehead atoms. The van der Waals surface area contributed by atoms with E-state index in [1.54, 1.807) is 0 Å². The molecule has 0 radical (unpaired) electrons. The van der Waals surface area contributed by atoms with Crippen molar-refractivity contribution in [2.24, 2.45) is 5.92 Å². The molecule has 0 aliphatic heterocycles. The van der Waals surface area contributed by atoms with Gasteiger partial charge in [0, 0.05) is 0 Å². The molecule has 1 nitrogen and oxygen atoms in total. The molecule has 2 aliphatic rings. The highest BCUT2D eigenvalue weighted by Crippen LogP contribution is 2.49. The van der Waals surface area contributed by atoms with Crippen molar-refractivity contribution in [3.63, 3.8) is 0 Å². The summed E-state index contributed by atoms with van der Waals surface area (Å²) >= 11 is 12.4. The van der Waals surface area contributed by atoms with Gasteiger partial charge in [-0.15, -0.1) is 0 Å². The monoisotopic (exact) mass is 255 g/mol. The lowest BCUT2D eigenvalue weighted by Gasteiger charge is -2.30. The lowest BCUT2D eigenvalue weighted by atomic mass is 9.77. The highest BCUT2D eigenvalue weighted by molar-refractivity contribution is 6.33. The van der Waals surface area contributed by atoms with E-state index in [9.17, 15) is 0 Å². The second-order valence-corrected chi connectivity index (χ2v) is 5.76. The summed E-state index contributed by atoms with van der Waals surface area (Å²) in [5.74, 6) is 1.49. The molecule has 0 spiro atoms. The number of halogens is 2. The minimum atomic E-state index is 0.584. The SMILES string of the molecule is Cc1c(Cl)nc(Cl)c2c1CC[C@H]1CCC[C@@H]21. The third-order valence-electron chi connectivity index (χ3n) is 4.30. The standard InChI is InChI=1S/C13H15Cl2N/c1-7-9-6-5-8-3-2-4-10(8)11(9)13(15)16-12(7)14/h8,10H,2-6H2,1H3/t8-,10-/m1/s1. The Morgan fingerprint density at radius 1 is 1.12 bits per heavy atom. The molecule has 1 saturated carbocycles. The quantitative estimate of drug-likeness (QED) is 0.621. The van der Waals surface area contributed by atoms with Gasteiger partial charge < -0.3 is 0 Å². The Balaban J connectivity index is 2.18. The van der Waals surface area contributed by atoms with Gasteiger partial charge in [0.15, 0.2) is 0 Å². The average Bonchev–Trinajstić information content (AvgIpc) is 2.72. The summed E-state index contributed by atoms with van der Waals surface area (Å²) in [6.07, 6.45) is 6.41. The number of rotatable bonds is 0. The van der Waals surface area contributed by atoms with Gasteiger partial charge in [-0.3, -0.25) is 0 Å². The van der Waals surface area contributed by atoms with Crippen molar-refractivity contribution >= 4 is 23.2 Å². The summed E-state index contributed by atoms with van der Waals surface area (Å²) in [4.78, 5) is 4.28. The predicted octanol–water partition coefficient (Wildman–Crippen LogP) is 4.53. The maximum Gasteiger partial charge on any atom is 0.134 e. The van der Waals surface area contributed by atoms with Crippen LogP contribution in [0.3, 0.4) is 0 Å². The Morgan fingerprint density at radius 2 is 1.94 bits per heavy atom. The molecular formula is C13H15Cl2N. The van der Waals surface area contributed by atoms with Gasteiger partial charge in [0.25, 0.3) is 0 Å². The number of fused-ring (bicyclic) bond motifs is 3. The molecule has 2 aliphatic carbocycles. The number of aromatic nitrogens is 1. The molecule has 1 aromatic rings. The van der Waals surface area contributed by atoms with Gasteiger partial charge in [-0.2, -0.15) is 0 Å². The van der Waals surface area contributed by atoms with E-state index in [4.69, 9.17) is 23.2 Å². The van der Waals surface area contributed by atoms with Crippen LogP contribution in [0.15, 0.2) is 0 Å². The van der Waals surface area contributed by atoms with Crippen LogP contribution in [0.25, 0.3) is 0 Å². The van der Waals surface area contributed by atoms with E-state index >= 15 is 0 Å². The van der Waals surface area contributed by atoms with Crippen LogP contribution >= 0.6 is 23.2 Å². The van der Waals surface area contributed by atoms with Crippen molar-refractivity contribution < 1.29 is 0 Å². The van der Waals surface area contributed by atoms with E-state index in [2.05, 4.69) is 11.9 Å². The lowest BCUT2D eigenvalue weighted by molar-refractivity contribution is 0.421. The average molecular weight is 256 g/mol. The van der Waals surface area contributed by atoms with Crippen LogP contribution in [0.1, 0.15) is 48.3 Å². The third-order valence-corrected chi connectivity index (χ3v) is 4.96. The number of hydrogen-bond donors (Lipinski definition) is 0. The van der Waals surface area contributed by atoms with Gasteiger partial charge in [-0.1, -0.05) is 29.6 Å². The third kappa shape index (κ3) is 1.48. The second-order valence-electron chi connectivity index (χ2n) is 5.05. The van der Waals surface area contributed by atoms with Crippen LogP contribution in [0.4, 0.5) is 0 Å². The van der Waals surface area contributed by atoms with Gasteiger partial charge in [0.05, 0.1) is 0 Å². The fourth-order valence-electron chi connectivity index (χ4n) is 3.47. The molecule has 0 N–H and O–H groups in total. The molecule has 1 fully saturated rings. The molecule has 1 aromatic heterocycles. The van der Waals surface area contributed by atoms with Gasteiger partial charge in [0.2, 0.25) is 0 Å². The zero-order valence-corrected chi connectivity index (χ0v) is 10.9. The summed E-state index contributed by atoms with van der Waals surface area (Å²) in [6, 6.07) is 0. The molecule has 1 heterocycles. The molecule has 0 unspecified atom stereocenters. The Bertz CT molecular complexity index is 442. The Kier molecular flexibility index (Phi) is 2.64. The van der Waals surface area contributed by atoms with Crippen LogP contribution < -0.4 is 0 Å². The van der Waals surface area contributed by atoms with Crippen molar-refractivity contribution in [2.45, 2.75) is 44.9 Å². The predicted molar refractivity (Wildman–Crippen MR) is 67.4 cm³/mol. The Hall–Kier alpha value is -0.270. The van der Waals surface area contributed by atoms with E-state index in [1.165, 1.54) is 36.8 Å². The molecule has 0 aromatic carbocycles. The van der Waals surface area contributed by atoms with E-state index in [0.717, 1.165) is 17.9 Å². The molecule has 86 valence electrons. The van der Waals surface area contributed by atoms with E-state index in [-0.39, 0.29) is 0 Å². The van der Waals surface area contributed by atoms with Gasteiger partial charge in [0.1, 0.15) is 10.3 Å². The van der Waals surface area contributed by atoms with Crippen LogP contribution in [0.2, 0.25) is 10.3 Å². The first-order valence-corrected chi connectivity index (χ1v) is 6.78. The molecular weight excluding hydrogens is 241 g/mol. The van der Waals surface area contributed by atoms with Crippen molar-refractivity contribution in [2.75, 3.05) is 0 Å². The maximum atomic E-state index is 6.29. The normalized spacial score (nSPS) is 27.7. The van der Waals surface area contributed by atoms with E-state index < -0.39 is 0 Å². The lowest BCUT2D eigenvalue weighted by Crippen LogP contribution is -2.18. The number of hydrogen-bond acceptors (Lipinski definition) is 1. The van der Waals surface area contributed by atoms with Crippen molar-refractivity contribution in [1.29, 1.82) is 0 Å². The summed E-state index contributed by atoms with van der Waals surface area (Å²) in [5.41, 5.74) is 3.84. The highest BCUT2D eigenvalue weighted by Gasteiger charge is 2.36. The minimum absolute atomic E-state index is 0.584. The van der Waals surface area contributed by atoms with Crippen molar-refractivity contribution in [3.05, 3.63) is 27.0 Å². The first-order valence-electron chi connectivity index (χ1n) is 6.03. The topological polar surface area (TPSA) is 12.9 Å². The first-order chi connectivity index (χ1) is 7.68. The summed E-state index contributed by atoms with van der Waals surface area (Å²) < 4.78 is 0.